The van der Waals surface area contributed by atoms with Gasteiger partial charge < -0.3 is 10.2 Å². The molecule has 0 unspecified atom stereocenters. The summed E-state index contributed by atoms with van der Waals surface area (Å²) in [6.45, 7) is 1.68. The number of fused-ring (bicyclic) bond motifs is 1. The van der Waals surface area contributed by atoms with Gasteiger partial charge in [0.05, 0.1) is 5.39 Å². The molecule has 1 aromatic carbocycles. The number of amides is 1. The number of carbonyl (C=O) groups is 1. The highest BCUT2D eigenvalue weighted by atomic mass is 32.1. The summed E-state index contributed by atoms with van der Waals surface area (Å²) in [4.78, 5) is 24.5. The number of carbonyl (C=O) groups excluding carboxylic acids is 1. The molecule has 0 bridgehead atoms. The summed E-state index contributed by atoms with van der Waals surface area (Å²) in [6.07, 6.45) is 3.31. The molecule has 0 aliphatic carbocycles. The molecule has 1 amide bonds. The maximum absolute atomic E-state index is 12.4. The summed E-state index contributed by atoms with van der Waals surface area (Å²) in [5.74, 6) is 1.16. The van der Waals surface area contributed by atoms with Crippen LogP contribution < -0.4 is 10.2 Å². The lowest BCUT2D eigenvalue weighted by atomic mass is 9.95. The Balaban J connectivity index is 1.41. The molecule has 1 aliphatic heterocycles. The number of nitrogens with zero attached hydrogens (tertiary/aromatic N) is 3. The van der Waals surface area contributed by atoms with Gasteiger partial charge in [0.15, 0.2) is 0 Å². The van der Waals surface area contributed by atoms with Crippen LogP contribution in [-0.4, -0.2) is 29.0 Å². The molecule has 1 saturated heterocycles. The molecule has 4 rings (SSSR count). The van der Waals surface area contributed by atoms with Gasteiger partial charge >= 0.3 is 0 Å². The van der Waals surface area contributed by atoms with Crippen molar-refractivity contribution in [3.63, 3.8) is 0 Å². The van der Waals surface area contributed by atoms with E-state index in [4.69, 9.17) is 0 Å². The topological polar surface area (TPSA) is 58.1 Å². The molecule has 0 atom stereocenters. The van der Waals surface area contributed by atoms with Crippen molar-refractivity contribution in [2.24, 2.45) is 5.92 Å². The van der Waals surface area contributed by atoms with E-state index in [1.165, 1.54) is 0 Å². The van der Waals surface area contributed by atoms with E-state index in [1.807, 2.05) is 35.7 Å². The highest BCUT2D eigenvalue weighted by Crippen LogP contribution is 2.30. The lowest BCUT2D eigenvalue weighted by Crippen LogP contribution is -2.38. The zero-order valence-electron chi connectivity index (χ0n) is 13.2. The Morgan fingerprint density at radius 2 is 1.92 bits per heavy atom. The van der Waals surface area contributed by atoms with Crippen molar-refractivity contribution in [1.29, 1.82) is 0 Å². The average Bonchev–Trinajstić information content (AvgIpc) is 3.11. The molecule has 1 aliphatic rings. The molecule has 122 valence electrons. The molecule has 24 heavy (non-hydrogen) atoms. The first kappa shape index (κ1) is 15.1. The molecule has 5 nitrogen and oxygen atoms in total. The van der Waals surface area contributed by atoms with E-state index < -0.39 is 0 Å². The van der Waals surface area contributed by atoms with Gasteiger partial charge in [0.25, 0.3) is 0 Å². The van der Waals surface area contributed by atoms with Gasteiger partial charge in [-0.25, -0.2) is 9.97 Å². The Kier molecular flexibility index (Phi) is 4.13. The van der Waals surface area contributed by atoms with Crippen LogP contribution in [0.2, 0.25) is 0 Å². The van der Waals surface area contributed by atoms with Crippen molar-refractivity contribution in [2.75, 3.05) is 23.3 Å². The monoisotopic (exact) mass is 338 g/mol. The lowest BCUT2D eigenvalue weighted by molar-refractivity contribution is -0.120. The molecule has 0 radical (unpaired) electrons. The highest BCUT2D eigenvalue weighted by Gasteiger charge is 2.26. The van der Waals surface area contributed by atoms with Crippen LogP contribution in [0.3, 0.4) is 0 Å². The number of hydrogen-bond donors (Lipinski definition) is 1. The minimum Gasteiger partial charge on any atom is -0.356 e. The van der Waals surface area contributed by atoms with E-state index in [9.17, 15) is 4.79 Å². The van der Waals surface area contributed by atoms with Gasteiger partial charge in [0, 0.05) is 24.7 Å². The summed E-state index contributed by atoms with van der Waals surface area (Å²) in [7, 11) is 0. The normalized spacial score (nSPS) is 15.6. The van der Waals surface area contributed by atoms with Crippen molar-refractivity contribution in [3.8, 4) is 0 Å². The Morgan fingerprint density at radius 3 is 2.71 bits per heavy atom. The van der Waals surface area contributed by atoms with Gasteiger partial charge in [-0.05, 0) is 36.4 Å². The van der Waals surface area contributed by atoms with Crippen molar-refractivity contribution in [2.45, 2.75) is 12.8 Å². The fraction of sp³-hybridized carbons (Fsp3) is 0.278. The quantitative estimate of drug-likeness (QED) is 0.793. The summed E-state index contributed by atoms with van der Waals surface area (Å²) >= 11 is 1.63. The third-order valence-corrected chi connectivity index (χ3v) is 5.27. The minimum absolute atomic E-state index is 0.0567. The largest absolute Gasteiger partial charge is 0.356 e. The van der Waals surface area contributed by atoms with Crippen LogP contribution in [0, 0.1) is 5.92 Å². The first-order chi connectivity index (χ1) is 11.8. The number of anilines is 2. The Bertz CT molecular complexity index is 840. The van der Waals surface area contributed by atoms with Crippen LogP contribution in [0.25, 0.3) is 10.2 Å². The molecule has 0 spiro atoms. The maximum atomic E-state index is 12.4. The number of benzene rings is 1. The number of para-hydroxylation sites is 1. The molecular weight excluding hydrogens is 320 g/mol. The van der Waals surface area contributed by atoms with Gasteiger partial charge in [-0.15, -0.1) is 11.3 Å². The van der Waals surface area contributed by atoms with E-state index in [1.54, 1.807) is 17.7 Å². The number of piperidine rings is 1. The van der Waals surface area contributed by atoms with Crippen molar-refractivity contribution in [3.05, 3.63) is 48.1 Å². The van der Waals surface area contributed by atoms with E-state index in [2.05, 4.69) is 26.3 Å². The Morgan fingerprint density at radius 1 is 1.12 bits per heavy atom. The summed E-state index contributed by atoms with van der Waals surface area (Å²) in [5, 5.41) is 6.16. The van der Waals surface area contributed by atoms with Crippen LogP contribution in [0.5, 0.6) is 0 Å². The molecule has 6 heteroatoms. The van der Waals surface area contributed by atoms with Crippen molar-refractivity contribution >= 4 is 39.0 Å². The van der Waals surface area contributed by atoms with Crippen LogP contribution in [0.15, 0.2) is 48.1 Å². The van der Waals surface area contributed by atoms with Gasteiger partial charge in [-0.3, -0.25) is 4.79 Å². The Labute approximate surface area is 144 Å². The van der Waals surface area contributed by atoms with Crippen LogP contribution in [0.4, 0.5) is 11.5 Å². The lowest BCUT2D eigenvalue weighted by Gasteiger charge is -2.32. The first-order valence-corrected chi connectivity index (χ1v) is 8.98. The fourth-order valence-electron chi connectivity index (χ4n) is 3.15. The van der Waals surface area contributed by atoms with Gasteiger partial charge in [-0.1, -0.05) is 18.2 Å². The second-order valence-corrected chi connectivity index (χ2v) is 6.85. The van der Waals surface area contributed by atoms with Gasteiger partial charge in [-0.2, -0.15) is 0 Å². The van der Waals surface area contributed by atoms with Crippen LogP contribution in [-0.2, 0) is 4.79 Å². The smallest absolute Gasteiger partial charge is 0.227 e. The Hall–Kier alpha value is -2.47. The number of thiophene rings is 1. The number of rotatable bonds is 3. The third-order valence-electron chi connectivity index (χ3n) is 4.45. The molecule has 0 saturated carbocycles. The molecule has 1 fully saturated rings. The molecule has 3 heterocycles. The molecule has 1 N–H and O–H groups in total. The average molecular weight is 338 g/mol. The molecular formula is C18H18N4OS. The van der Waals surface area contributed by atoms with Crippen LogP contribution >= 0.6 is 11.3 Å². The maximum Gasteiger partial charge on any atom is 0.227 e. The van der Waals surface area contributed by atoms with E-state index in [0.717, 1.165) is 47.7 Å². The summed E-state index contributed by atoms with van der Waals surface area (Å²) in [6, 6.07) is 11.7. The zero-order valence-corrected chi connectivity index (χ0v) is 14.0. The number of nitrogens with one attached hydrogen (secondary N) is 1. The van der Waals surface area contributed by atoms with Gasteiger partial charge in [0.1, 0.15) is 17.0 Å². The second kappa shape index (κ2) is 6.57. The van der Waals surface area contributed by atoms with Crippen molar-refractivity contribution < 1.29 is 4.79 Å². The predicted molar refractivity (Wildman–Crippen MR) is 97.4 cm³/mol. The van der Waals surface area contributed by atoms with E-state index in [-0.39, 0.29) is 11.8 Å². The standard InChI is InChI=1S/C18H18N4OS/c23-17(21-14-4-2-1-3-5-14)13-6-9-22(10-7-13)16-15-8-11-24-18(15)20-12-19-16/h1-5,8,11-13H,6-7,9-10H2,(H,21,23). The highest BCUT2D eigenvalue weighted by molar-refractivity contribution is 7.16. The number of hydrogen-bond acceptors (Lipinski definition) is 5. The second-order valence-electron chi connectivity index (χ2n) is 5.95. The molecule has 3 aromatic rings. The number of aromatic nitrogens is 2. The molecule has 2 aromatic heterocycles. The fourth-order valence-corrected chi connectivity index (χ4v) is 3.88. The minimum atomic E-state index is 0.0567. The van der Waals surface area contributed by atoms with Gasteiger partial charge in [0.2, 0.25) is 5.91 Å². The first-order valence-electron chi connectivity index (χ1n) is 8.10. The zero-order chi connectivity index (χ0) is 16.4. The third kappa shape index (κ3) is 2.97. The predicted octanol–water partition coefficient (Wildman–Crippen LogP) is 3.55. The SMILES string of the molecule is O=C(Nc1ccccc1)C1CCN(c2ncnc3sccc23)CC1. The summed E-state index contributed by atoms with van der Waals surface area (Å²) < 4.78 is 0. The van der Waals surface area contributed by atoms with E-state index >= 15 is 0 Å². The van der Waals surface area contributed by atoms with Crippen LogP contribution in [0.1, 0.15) is 12.8 Å². The van der Waals surface area contributed by atoms with Crippen molar-refractivity contribution in [1.82, 2.24) is 9.97 Å². The summed E-state index contributed by atoms with van der Waals surface area (Å²) in [5.41, 5.74) is 0.862. The van der Waals surface area contributed by atoms with E-state index in [0.29, 0.717) is 0 Å².